The Morgan fingerprint density at radius 1 is 0.821 bits per heavy atom. The van der Waals surface area contributed by atoms with Gasteiger partial charge >= 0.3 is 5.97 Å². The Bertz CT molecular complexity index is 825. The minimum atomic E-state index is -2.70. The maximum Gasteiger partial charge on any atom is 0.330 e. The van der Waals surface area contributed by atoms with Gasteiger partial charge in [-0.1, -0.05) is 97.1 Å². The van der Waals surface area contributed by atoms with Crippen LogP contribution in [0.1, 0.15) is 13.3 Å². The van der Waals surface area contributed by atoms with E-state index in [1.807, 2.05) is 54.6 Å². The van der Waals surface area contributed by atoms with E-state index in [1.165, 1.54) is 15.6 Å². The summed E-state index contributed by atoms with van der Waals surface area (Å²) in [5.41, 5.74) is 0.343. The van der Waals surface area contributed by atoms with E-state index in [0.29, 0.717) is 18.6 Å². The highest BCUT2D eigenvalue weighted by Crippen LogP contribution is 2.11. The molecule has 0 bridgehead atoms. The second kappa shape index (κ2) is 9.31. The SMILES string of the molecule is CC(=CCCO[Si](c1ccccc1)(c1ccccc1)c1ccccc1)C(=O)O. The molecule has 0 amide bonds. The molecule has 3 aromatic carbocycles. The van der Waals surface area contributed by atoms with Gasteiger partial charge in [0.05, 0.1) is 0 Å². The zero-order chi connectivity index (χ0) is 19.8. The average Bonchev–Trinajstić information content (AvgIpc) is 2.75. The standard InChI is InChI=1S/C24H24O3Si/c1-20(24(25)26)12-11-19-27-28(21-13-5-2-6-14-21,22-15-7-3-8-16-22)23-17-9-4-10-18-23/h2-10,12-18H,11,19H2,1H3,(H,25,26). The lowest BCUT2D eigenvalue weighted by molar-refractivity contribution is -0.132. The van der Waals surface area contributed by atoms with E-state index in [0.717, 1.165) is 0 Å². The number of aliphatic carboxylic acids is 1. The molecule has 3 aromatic rings. The Labute approximate surface area is 167 Å². The maximum absolute atomic E-state index is 11.1. The molecule has 3 nitrogen and oxygen atoms in total. The maximum atomic E-state index is 11.1. The van der Waals surface area contributed by atoms with Crippen LogP contribution in [0, 0.1) is 0 Å². The highest BCUT2D eigenvalue weighted by Gasteiger charge is 2.41. The van der Waals surface area contributed by atoms with Crippen LogP contribution in [0.5, 0.6) is 0 Å². The number of hydrogen-bond donors (Lipinski definition) is 1. The normalized spacial score (nSPS) is 12.0. The van der Waals surface area contributed by atoms with Crippen molar-refractivity contribution in [2.75, 3.05) is 6.61 Å². The molecule has 0 unspecified atom stereocenters. The van der Waals surface area contributed by atoms with Crippen LogP contribution < -0.4 is 15.6 Å². The second-order valence-corrected chi connectivity index (χ2v) is 9.99. The first-order valence-corrected chi connectivity index (χ1v) is 11.3. The summed E-state index contributed by atoms with van der Waals surface area (Å²) < 4.78 is 6.72. The first-order chi connectivity index (χ1) is 13.6. The number of benzene rings is 3. The summed E-state index contributed by atoms with van der Waals surface area (Å²) in [5, 5.41) is 12.6. The van der Waals surface area contributed by atoms with Gasteiger partial charge in [0.2, 0.25) is 0 Å². The minimum absolute atomic E-state index is 0.343. The van der Waals surface area contributed by atoms with Gasteiger partial charge in [-0.05, 0) is 28.9 Å². The molecule has 0 aliphatic heterocycles. The second-order valence-electron chi connectivity index (χ2n) is 6.61. The minimum Gasteiger partial charge on any atom is -0.478 e. The summed E-state index contributed by atoms with van der Waals surface area (Å²) in [6, 6.07) is 31.1. The van der Waals surface area contributed by atoms with Gasteiger partial charge < -0.3 is 9.53 Å². The third-order valence-corrected chi connectivity index (χ3v) is 8.84. The Morgan fingerprint density at radius 3 is 1.57 bits per heavy atom. The summed E-state index contributed by atoms with van der Waals surface area (Å²) in [6.07, 6.45) is 2.28. The fourth-order valence-electron chi connectivity index (χ4n) is 3.34. The van der Waals surface area contributed by atoms with Crippen LogP contribution in [0.15, 0.2) is 103 Å². The lowest BCUT2D eigenvalue weighted by Crippen LogP contribution is -2.69. The predicted octanol–water partition coefficient (Wildman–Crippen LogP) is 3.09. The Kier molecular flexibility index (Phi) is 6.58. The summed E-state index contributed by atoms with van der Waals surface area (Å²) in [6.45, 7) is 2.06. The molecule has 0 aromatic heterocycles. The smallest absolute Gasteiger partial charge is 0.330 e. The molecule has 1 N–H and O–H groups in total. The number of carbonyl (C=O) groups is 1. The summed E-state index contributed by atoms with van der Waals surface area (Å²) in [7, 11) is -2.70. The van der Waals surface area contributed by atoms with Gasteiger partial charge in [0, 0.05) is 12.2 Å². The summed E-state index contributed by atoms with van der Waals surface area (Å²) in [5.74, 6) is -0.891. The van der Waals surface area contributed by atoms with Crippen molar-refractivity contribution in [3.63, 3.8) is 0 Å². The van der Waals surface area contributed by atoms with Crippen LogP contribution in [0.2, 0.25) is 0 Å². The van der Waals surface area contributed by atoms with Crippen LogP contribution >= 0.6 is 0 Å². The number of rotatable bonds is 8. The van der Waals surface area contributed by atoms with Gasteiger partial charge in [-0.2, -0.15) is 0 Å². The van der Waals surface area contributed by atoms with E-state index in [4.69, 9.17) is 9.53 Å². The van der Waals surface area contributed by atoms with Crippen molar-refractivity contribution in [1.82, 2.24) is 0 Å². The largest absolute Gasteiger partial charge is 0.478 e. The molecular weight excluding hydrogens is 364 g/mol. The van der Waals surface area contributed by atoms with Crippen molar-refractivity contribution in [2.45, 2.75) is 13.3 Å². The monoisotopic (exact) mass is 388 g/mol. The van der Waals surface area contributed by atoms with Crippen molar-refractivity contribution >= 4 is 29.8 Å². The first-order valence-electron chi connectivity index (χ1n) is 9.35. The van der Waals surface area contributed by atoms with Gasteiger partial charge in [-0.25, -0.2) is 4.79 Å². The van der Waals surface area contributed by atoms with E-state index >= 15 is 0 Å². The lowest BCUT2D eigenvalue weighted by atomic mass is 10.2. The summed E-state index contributed by atoms with van der Waals surface area (Å²) >= 11 is 0. The van der Waals surface area contributed by atoms with Crippen molar-refractivity contribution in [1.29, 1.82) is 0 Å². The number of hydrogen-bond acceptors (Lipinski definition) is 2. The summed E-state index contributed by atoms with van der Waals surface area (Å²) in [4.78, 5) is 11.1. The topological polar surface area (TPSA) is 46.5 Å². The molecule has 4 heteroatoms. The lowest BCUT2D eigenvalue weighted by Gasteiger charge is -2.33. The first kappa shape index (κ1) is 19.8. The Balaban J connectivity index is 2.06. The molecular formula is C24H24O3Si. The van der Waals surface area contributed by atoms with Crippen LogP contribution in [-0.2, 0) is 9.22 Å². The van der Waals surface area contributed by atoms with Crippen LogP contribution in [-0.4, -0.2) is 26.0 Å². The van der Waals surface area contributed by atoms with E-state index in [9.17, 15) is 4.79 Å². The van der Waals surface area contributed by atoms with Crippen molar-refractivity contribution in [3.8, 4) is 0 Å². The zero-order valence-electron chi connectivity index (χ0n) is 15.9. The van der Waals surface area contributed by atoms with E-state index in [2.05, 4.69) is 36.4 Å². The van der Waals surface area contributed by atoms with Gasteiger partial charge in [0.1, 0.15) is 0 Å². The molecule has 0 aliphatic carbocycles. The third kappa shape index (κ3) is 4.30. The van der Waals surface area contributed by atoms with Crippen molar-refractivity contribution in [2.24, 2.45) is 0 Å². The van der Waals surface area contributed by atoms with Gasteiger partial charge in [-0.3, -0.25) is 0 Å². The molecule has 0 radical (unpaired) electrons. The van der Waals surface area contributed by atoms with Gasteiger partial charge in [-0.15, -0.1) is 0 Å². The van der Waals surface area contributed by atoms with Crippen LogP contribution in [0.4, 0.5) is 0 Å². The third-order valence-electron chi connectivity index (χ3n) is 4.77. The average molecular weight is 389 g/mol. The van der Waals surface area contributed by atoms with Crippen molar-refractivity contribution in [3.05, 3.63) is 103 Å². The molecule has 3 rings (SSSR count). The molecule has 0 saturated heterocycles. The highest BCUT2D eigenvalue weighted by atomic mass is 28.4. The Hall–Kier alpha value is -2.95. The number of carboxylic acid groups (broad SMARTS) is 1. The fraction of sp³-hybridized carbons (Fsp3) is 0.125. The van der Waals surface area contributed by atoms with Gasteiger partial charge in [0.25, 0.3) is 8.32 Å². The fourth-order valence-corrected chi connectivity index (χ4v) is 7.25. The zero-order valence-corrected chi connectivity index (χ0v) is 16.9. The molecule has 28 heavy (non-hydrogen) atoms. The molecule has 0 heterocycles. The van der Waals surface area contributed by atoms with Crippen LogP contribution in [0.25, 0.3) is 0 Å². The van der Waals surface area contributed by atoms with Gasteiger partial charge in [0.15, 0.2) is 0 Å². The molecule has 142 valence electrons. The number of carboxylic acids is 1. The molecule has 0 atom stereocenters. The molecule has 0 fully saturated rings. The van der Waals surface area contributed by atoms with Crippen LogP contribution in [0.3, 0.4) is 0 Å². The predicted molar refractivity (Wildman–Crippen MR) is 116 cm³/mol. The quantitative estimate of drug-likeness (QED) is 0.279. The molecule has 0 spiro atoms. The molecule has 0 saturated carbocycles. The molecule has 0 aliphatic rings. The van der Waals surface area contributed by atoms with E-state index < -0.39 is 14.3 Å². The van der Waals surface area contributed by atoms with E-state index in [-0.39, 0.29) is 0 Å². The van der Waals surface area contributed by atoms with Crippen molar-refractivity contribution < 1.29 is 14.3 Å². The van der Waals surface area contributed by atoms with E-state index in [1.54, 1.807) is 13.0 Å². The Morgan fingerprint density at radius 2 is 1.21 bits per heavy atom. The highest BCUT2D eigenvalue weighted by molar-refractivity contribution is 7.07.